The van der Waals surface area contributed by atoms with Crippen LogP contribution in [0.5, 0.6) is 11.5 Å². The summed E-state index contributed by atoms with van der Waals surface area (Å²) >= 11 is 1.54. The van der Waals surface area contributed by atoms with Crippen LogP contribution in [-0.4, -0.2) is 31.8 Å². The second-order valence-electron chi connectivity index (χ2n) is 6.52. The summed E-state index contributed by atoms with van der Waals surface area (Å²) in [4.78, 5) is 26.5. The highest BCUT2D eigenvalue weighted by atomic mass is 32.2. The van der Waals surface area contributed by atoms with Crippen LogP contribution in [0.2, 0.25) is 0 Å². The molecular weight excluding hydrogens is 404 g/mol. The van der Waals surface area contributed by atoms with Gasteiger partial charge in [0.1, 0.15) is 16.9 Å². The Morgan fingerprint density at radius 1 is 1.13 bits per heavy atom. The van der Waals surface area contributed by atoms with Gasteiger partial charge >= 0.3 is 0 Å². The number of hydrogen-bond acceptors (Lipinski definition) is 6. The molecular formula is C22H20N2O5S. The highest BCUT2D eigenvalue weighted by Gasteiger charge is 2.35. The first-order valence-corrected chi connectivity index (χ1v) is 10.3. The standard InChI is InChI=1S/C22H20N2O5S/c1-27-16-9-10-17(19(12-16)28-2)24-20(25)13-30-22(24)14-5-7-15(8-6-14)23-21(26)18-4-3-11-29-18/h3-12,22H,13H2,1-2H3,(H,23,26). The van der Waals surface area contributed by atoms with Crippen molar-refractivity contribution < 1.29 is 23.5 Å². The fourth-order valence-electron chi connectivity index (χ4n) is 3.25. The van der Waals surface area contributed by atoms with E-state index >= 15 is 0 Å². The van der Waals surface area contributed by atoms with E-state index < -0.39 is 0 Å². The van der Waals surface area contributed by atoms with Gasteiger partial charge in [0, 0.05) is 11.8 Å². The molecule has 1 N–H and O–H groups in total. The molecule has 0 radical (unpaired) electrons. The van der Waals surface area contributed by atoms with Crippen LogP contribution < -0.4 is 19.7 Å². The van der Waals surface area contributed by atoms with Gasteiger partial charge in [-0.1, -0.05) is 12.1 Å². The van der Waals surface area contributed by atoms with Crippen molar-refractivity contribution in [1.29, 1.82) is 0 Å². The number of amides is 2. The summed E-state index contributed by atoms with van der Waals surface area (Å²) in [5, 5.41) is 2.59. The van der Waals surface area contributed by atoms with E-state index in [2.05, 4.69) is 5.32 Å². The summed E-state index contributed by atoms with van der Waals surface area (Å²) < 4.78 is 15.9. The topological polar surface area (TPSA) is 81.0 Å². The molecule has 3 aromatic rings. The Labute approximate surface area is 178 Å². The molecule has 7 nitrogen and oxygen atoms in total. The Hall–Kier alpha value is -3.39. The molecule has 1 atom stereocenters. The van der Waals surface area contributed by atoms with Gasteiger partial charge in [-0.25, -0.2) is 0 Å². The number of nitrogens with one attached hydrogen (secondary N) is 1. The second-order valence-corrected chi connectivity index (χ2v) is 7.59. The predicted molar refractivity (Wildman–Crippen MR) is 115 cm³/mol. The Bertz CT molecular complexity index is 1050. The number of nitrogens with zero attached hydrogens (tertiary/aromatic N) is 1. The zero-order valence-electron chi connectivity index (χ0n) is 16.5. The summed E-state index contributed by atoms with van der Waals surface area (Å²) in [7, 11) is 3.15. The van der Waals surface area contributed by atoms with Gasteiger partial charge in [-0.3, -0.25) is 14.5 Å². The van der Waals surface area contributed by atoms with E-state index in [9.17, 15) is 9.59 Å². The third-order valence-corrected chi connectivity index (χ3v) is 5.93. The smallest absolute Gasteiger partial charge is 0.291 e. The van der Waals surface area contributed by atoms with Crippen molar-refractivity contribution in [3.05, 3.63) is 72.2 Å². The van der Waals surface area contributed by atoms with Crippen LogP contribution in [0, 0.1) is 0 Å². The number of furan rings is 1. The van der Waals surface area contributed by atoms with E-state index in [4.69, 9.17) is 13.9 Å². The summed E-state index contributed by atoms with van der Waals surface area (Å²) in [5.41, 5.74) is 2.27. The molecule has 0 spiro atoms. The van der Waals surface area contributed by atoms with Crippen LogP contribution >= 0.6 is 11.8 Å². The lowest BCUT2D eigenvalue weighted by Crippen LogP contribution is -2.28. The van der Waals surface area contributed by atoms with Crippen LogP contribution in [0.25, 0.3) is 0 Å². The van der Waals surface area contributed by atoms with Gasteiger partial charge in [0.15, 0.2) is 5.76 Å². The van der Waals surface area contributed by atoms with Crippen molar-refractivity contribution in [1.82, 2.24) is 0 Å². The van der Waals surface area contributed by atoms with Crippen LogP contribution in [0.4, 0.5) is 11.4 Å². The zero-order chi connectivity index (χ0) is 21.1. The Balaban J connectivity index is 1.57. The van der Waals surface area contributed by atoms with Crippen LogP contribution in [0.3, 0.4) is 0 Å². The lowest BCUT2D eigenvalue weighted by Gasteiger charge is -2.26. The molecule has 0 aliphatic carbocycles. The number of thioether (sulfide) groups is 1. The third-order valence-electron chi connectivity index (χ3n) is 4.71. The highest BCUT2D eigenvalue weighted by molar-refractivity contribution is 8.00. The van der Waals surface area contributed by atoms with Crippen molar-refractivity contribution in [2.24, 2.45) is 0 Å². The van der Waals surface area contributed by atoms with E-state index in [0.29, 0.717) is 28.6 Å². The molecule has 2 amide bonds. The predicted octanol–water partition coefficient (Wildman–Crippen LogP) is 4.33. The fraction of sp³-hybridized carbons (Fsp3) is 0.182. The maximum Gasteiger partial charge on any atom is 0.291 e. The van der Waals surface area contributed by atoms with Gasteiger partial charge in [-0.15, -0.1) is 11.8 Å². The molecule has 154 valence electrons. The van der Waals surface area contributed by atoms with Crippen LogP contribution in [0.15, 0.2) is 65.3 Å². The van der Waals surface area contributed by atoms with Crippen molar-refractivity contribution in [3.63, 3.8) is 0 Å². The van der Waals surface area contributed by atoms with Crippen molar-refractivity contribution >= 4 is 35.0 Å². The Kier molecular flexibility index (Phi) is 5.67. The first-order chi connectivity index (χ1) is 14.6. The molecule has 1 aromatic heterocycles. The number of benzene rings is 2. The minimum absolute atomic E-state index is 0.00339. The molecule has 1 aliphatic heterocycles. The summed E-state index contributed by atoms with van der Waals surface area (Å²) in [6.07, 6.45) is 1.45. The third kappa shape index (κ3) is 3.86. The molecule has 2 aromatic carbocycles. The second kappa shape index (κ2) is 8.54. The normalized spacial score (nSPS) is 15.9. The molecule has 0 bridgehead atoms. The summed E-state index contributed by atoms with van der Waals surface area (Å²) in [5.74, 6) is 1.53. The first kappa shape index (κ1) is 19.9. The zero-order valence-corrected chi connectivity index (χ0v) is 17.3. The average Bonchev–Trinajstić information content (AvgIpc) is 3.44. The van der Waals surface area contributed by atoms with Crippen LogP contribution in [-0.2, 0) is 4.79 Å². The molecule has 4 rings (SSSR count). The van der Waals surface area contributed by atoms with E-state index in [1.807, 2.05) is 30.3 Å². The summed E-state index contributed by atoms with van der Waals surface area (Å²) in [6, 6.07) is 16.1. The molecule has 0 saturated carbocycles. The molecule has 30 heavy (non-hydrogen) atoms. The van der Waals surface area contributed by atoms with E-state index in [0.717, 1.165) is 5.56 Å². The average molecular weight is 424 g/mol. The maximum absolute atomic E-state index is 12.7. The number of carbonyl (C=O) groups excluding carboxylic acids is 2. The number of hydrogen-bond donors (Lipinski definition) is 1. The van der Waals surface area contributed by atoms with Crippen molar-refractivity contribution in [3.8, 4) is 11.5 Å². The van der Waals surface area contributed by atoms with Gasteiger partial charge in [0.05, 0.1) is 31.9 Å². The van der Waals surface area contributed by atoms with Gasteiger partial charge in [0.2, 0.25) is 5.91 Å². The Morgan fingerprint density at radius 3 is 2.60 bits per heavy atom. The van der Waals surface area contributed by atoms with E-state index in [1.54, 1.807) is 55.1 Å². The lowest BCUT2D eigenvalue weighted by atomic mass is 10.1. The van der Waals surface area contributed by atoms with Crippen molar-refractivity contribution in [2.45, 2.75) is 5.37 Å². The minimum atomic E-state index is -0.317. The quantitative estimate of drug-likeness (QED) is 0.634. The lowest BCUT2D eigenvalue weighted by molar-refractivity contribution is -0.115. The maximum atomic E-state index is 12.7. The number of rotatable bonds is 6. The van der Waals surface area contributed by atoms with Gasteiger partial charge in [0.25, 0.3) is 5.91 Å². The fourth-order valence-corrected chi connectivity index (χ4v) is 4.42. The molecule has 2 heterocycles. The van der Waals surface area contributed by atoms with Gasteiger partial charge < -0.3 is 19.2 Å². The minimum Gasteiger partial charge on any atom is -0.497 e. The van der Waals surface area contributed by atoms with E-state index in [-0.39, 0.29) is 22.9 Å². The van der Waals surface area contributed by atoms with Crippen molar-refractivity contribution in [2.75, 3.05) is 30.2 Å². The largest absolute Gasteiger partial charge is 0.497 e. The SMILES string of the molecule is COc1ccc(N2C(=O)CSC2c2ccc(NC(=O)c3ccco3)cc2)c(OC)c1. The molecule has 1 aliphatic rings. The van der Waals surface area contributed by atoms with Gasteiger partial charge in [-0.05, 0) is 42.0 Å². The number of ether oxygens (including phenoxy) is 2. The number of anilines is 2. The molecule has 8 heteroatoms. The van der Waals surface area contributed by atoms with E-state index in [1.165, 1.54) is 6.26 Å². The highest BCUT2D eigenvalue weighted by Crippen LogP contribution is 2.45. The Morgan fingerprint density at radius 2 is 1.93 bits per heavy atom. The molecule has 1 unspecified atom stereocenters. The summed E-state index contributed by atoms with van der Waals surface area (Å²) in [6.45, 7) is 0. The van der Waals surface area contributed by atoms with Crippen LogP contribution in [0.1, 0.15) is 21.5 Å². The number of carbonyl (C=O) groups is 2. The monoisotopic (exact) mass is 424 g/mol. The van der Waals surface area contributed by atoms with Gasteiger partial charge in [-0.2, -0.15) is 0 Å². The molecule has 1 fully saturated rings. The molecule has 1 saturated heterocycles. The first-order valence-electron chi connectivity index (χ1n) is 9.21. The number of methoxy groups -OCH3 is 2.